The first-order valence-electron chi connectivity index (χ1n) is 6.30. The molecule has 6 heteroatoms. The Bertz CT molecular complexity index is 562. The van der Waals surface area contributed by atoms with E-state index in [0.717, 1.165) is 5.56 Å². The van der Waals surface area contributed by atoms with Crippen LogP contribution in [0.15, 0.2) is 12.1 Å². The fourth-order valence-electron chi connectivity index (χ4n) is 2.26. The van der Waals surface area contributed by atoms with Gasteiger partial charge in [-0.05, 0) is 43.9 Å². The second-order valence-electron chi connectivity index (χ2n) is 4.94. The van der Waals surface area contributed by atoms with E-state index in [4.69, 9.17) is 4.74 Å². The van der Waals surface area contributed by atoms with Crippen molar-refractivity contribution < 1.29 is 18.3 Å². The van der Waals surface area contributed by atoms with E-state index in [-0.39, 0.29) is 11.4 Å². The lowest BCUT2D eigenvalue weighted by molar-refractivity contribution is 0.0984. The number of sulfonamides is 1. The van der Waals surface area contributed by atoms with Gasteiger partial charge in [-0.3, -0.25) is 4.72 Å². The molecular formula is C13H19NO4S. The van der Waals surface area contributed by atoms with Crippen LogP contribution in [0.5, 0.6) is 5.75 Å². The molecule has 2 N–H and O–H groups in total. The quantitative estimate of drug-likeness (QED) is 0.832. The molecule has 19 heavy (non-hydrogen) atoms. The molecule has 1 aliphatic rings. The first-order chi connectivity index (χ1) is 8.90. The lowest BCUT2D eigenvalue weighted by atomic mass is 10.1. The van der Waals surface area contributed by atoms with Gasteiger partial charge in [0.1, 0.15) is 5.75 Å². The van der Waals surface area contributed by atoms with Crippen LogP contribution in [0.4, 0.5) is 5.69 Å². The van der Waals surface area contributed by atoms with Crippen LogP contribution in [-0.2, 0) is 14.8 Å². The lowest BCUT2D eigenvalue weighted by Gasteiger charge is -2.23. The highest BCUT2D eigenvalue weighted by Crippen LogP contribution is 2.30. The van der Waals surface area contributed by atoms with Crippen molar-refractivity contribution in [3.05, 3.63) is 23.3 Å². The molecule has 106 valence electrons. The number of benzene rings is 1. The smallest absolute Gasteiger partial charge is 0.235 e. The topological polar surface area (TPSA) is 75.6 Å². The minimum atomic E-state index is -3.48. The molecule has 0 aromatic heterocycles. The van der Waals surface area contributed by atoms with Gasteiger partial charge in [-0.15, -0.1) is 0 Å². The van der Waals surface area contributed by atoms with Crippen LogP contribution in [0.25, 0.3) is 0 Å². The summed E-state index contributed by atoms with van der Waals surface area (Å²) >= 11 is 0. The van der Waals surface area contributed by atoms with E-state index in [2.05, 4.69) is 4.72 Å². The third kappa shape index (κ3) is 3.19. The molecule has 1 aromatic rings. The maximum atomic E-state index is 12.3. The van der Waals surface area contributed by atoms with Gasteiger partial charge in [0, 0.05) is 13.2 Å². The summed E-state index contributed by atoms with van der Waals surface area (Å²) in [6.45, 7) is 4.53. The van der Waals surface area contributed by atoms with E-state index in [1.807, 2.05) is 13.0 Å². The number of hydrogen-bond acceptors (Lipinski definition) is 4. The Balaban J connectivity index is 2.25. The van der Waals surface area contributed by atoms with Crippen molar-refractivity contribution >= 4 is 15.7 Å². The standard InChI is InChI=1S/C13H19NO4S/c1-9-7-10(2)13(15)12(8-9)14-19(16,17)11-3-5-18-6-4-11/h7-8,11,14-15H,3-6H2,1-2H3. The van der Waals surface area contributed by atoms with Crippen molar-refractivity contribution in [3.8, 4) is 5.75 Å². The number of aromatic hydroxyl groups is 1. The third-order valence-electron chi connectivity index (χ3n) is 3.30. The molecule has 1 heterocycles. The summed E-state index contributed by atoms with van der Waals surface area (Å²) in [5.41, 5.74) is 1.81. The molecule has 0 aliphatic carbocycles. The predicted octanol–water partition coefficient (Wildman–Crippen LogP) is 1.93. The summed E-state index contributed by atoms with van der Waals surface area (Å²) in [5, 5.41) is 9.48. The molecular weight excluding hydrogens is 266 g/mol. The molecule has 1 aromatic carbocycles. The third-order valence-corrected chi connectivity index (χ3v) is 5.16. The minimum absolute atomic E-state index is 0.0127. The SMILES string of the molecule is Cc1cc(C)c(O)c(NS(=O)(=O)C2CCOCC2)c1. The zero-order chi connectivity index (χ0) is 14.0. The van der Waals surface area contributed by atoms with Gasteiger partial charge < -0.3 is 9.84 Å². The second kappa shape index (κ2) is 5.38. The molecule has 1 fully saturated rings. The highest BCUT2D eigenvalue weighted by atomic mass is 32.2. The molecule has 0 unspecified atom stereocenters. The zero-order valence-corrected chi connectivity index (χ0v) is 12.0. The number of anilines is 1. The summed E-state index contributed by atoms with van der Waals surface area (Å²) in [7, 11) is -3.48. The molecule has 0 spiro atoms. The van der Waals surface area contributed by atoms with Crippen molar-refractivity contribution in [2.75, 3.05) is 17.9 Å². The van der Waals surface area contributed by atoms with Gasteiger partial charge in [-0.1, -0.05) is 6.07 Å². The number of hydrogen-bond donors (Lipinski definition) is 2. The summed E-state index contributed by atoms with van der Waals surface area (Å²) in [6.07, 6.45) is 0.974. The first-order valence-corrected chi connectivity index (χ1v) is 7.84. The number of aryl methyl sites for hydroxylation is 2. The monoisotopic (exact) mass is 285 g/mol. The highest BCUT2D eigenvalue weighted by Gasteiger charge is 2.28. The first kappa shape index (κ1) is 14.1. The van der Waals surface area contributed by atoms with E-state index >= 15 is 0 Å². The van der Waals surface area contributed by atoms with Crippen LogP contribution in [0.2, 0.25) is 0 Å². The predicted molar refractivity (Wildman–Crippen MR) is 74.0 cm³/mol. The number of phenols is 1. The molecule has 5 nitrogen and oxygen atoms in total. The maximum absolute atomic E-state index is 12.3. The van der Waals surface area contributed by atoms with Crippen molar-refractivity contribution in [1.82, 2.24) is 0 Å². The maximum Gasteiger partial charge on any atom is 0.235 e. The van der Waals surface area contributed by atoms with Crippen LogP contribution in [0, 0.1) is 13.8 Å². The Morgan fingerprint density at radius 3 is 2.53 bits per heavy atom. The lowest BCUT2D eigenvalue weighted by Crippen LogP contribution is -2.33. The summed E-state index contributed by atoms with van der Waals surface area (Å²) < 4.78 is 32.2. The number of phenolic OH excluding ortho intramolecular Hbond substituents is 1. The van der Waals surface area contributed by atoms with Gasteiger partial charge in [0.05, 0.1) is 10.9 Å². The Morgan fingerprint density at radius 1 is 1.26 bits per heavy atom. The Morgan fingerprint density at radius 2 is 1.89 bits per heavy atom. The molecule has 1 aliphatic heterocycles. The number of ether oxygens (including phenoxy) is 1. The fraction of sp³-hybridized carbons (Fsp3) is 0.538. The highest BCUT2D eigenvalue weighted by molar-refractivity contribution is 7.93. The number of nitrogens with one attached hydrogen (secondary N) is 1. The average Bonchev–Trinajstić information content (AvgIpc) is 2.36. The normalized spacial score (nSPS) is 17.4. The van der Waals surface area contributed by atoms with Crippen LogP contribution >= 0.6 is 0 Å². The largest absolute Gasteiger partial charge is 0.505 e. The number of rotatable bonds is 3. The van der Waals surface area contributed by atoms with Gasteiger partial charge in [0.2, 0.25) is 10.0 Å². The van der Waals surface area contributed by atoms with Crippen molar-refractivity contribution in [2.24, 2.45) is 0 Å². The van der Waals surface area contributed by atoms with Gasteiger partial charge >= 0.3 is 0 Å². The van der Waals surface area contributed by atoms with Gasteiger partial charge in [-0.2, -0.15) is 0 Å². The zero-order valence-electron chi connectivity index (χ0n) is 11.1. The summed E-state index contributed by atoms with van der Waals surface area (Å²) in [6, 6.07) is 3.45. The Labute approximate surface area is 113 Å². The van der Waals surface area contributed by atoms with Crippen molar-refractivity contribution in [3.63, 3.8) is 0 Å². The van der Waals surface area contributed by atoms with E-state index in [1.54, 1.807) is 13.0 Å². The Hall–Kier alpha value is -1.27. The summed E-state index contributed by atoms with van der Waals surface area (Å²) in [4.78, 5) is 0. The van der Waals surface area contributed by atoms with Crippen LogP contribution in [0.3, 0.4) is 0 Å². The minimum Gasteiger partial charge on any atom is -0.505 e. The van der Waals surface area contributed by atoms with E-state index in [9.17, 15) is 13.5 Å². The molecule has 0 bridgehead atoms. The summed E-state index contributed by atoms with van der Waals surface area (Å²) in [5.74, 6) is -0.0127. The van der Waals surface area contributed by atoms with Crippen molar-refractivity contribution in [2.45, 2.75) is 31.9 Å². The van der Waals surface area contributed by atoms with Gasteiger partial charge in [-0.25, -0.2) is 8.42 Å². The molecule has 1 saturated heterocycles. The molecule has 0 saturated carbocycles. The van der Waals surface area contributed by atoms with Crippen LogP contribution in [-0.4, -0.2) is 32.0 Å². The van der Waals surface area contributed by atoms with Crippen LogP contribution in [0.1, 0.15) is 24.0 Å². The Kier molecular flexibility index (Phi) is 4.01. The molecule has 0 radical (unpaired) electrons. The van der Waals surface area contributed by atoms with E-state index in [0.29, 0.717) is 31.6 Å². The van der Waals surface area contributed by atoms with E-state index in [1.165, 1.54) is 0 Å². The van der Waals surface area contributed by atoms with Gasteiger partial charge in [0.15, 0.2) is 0 Å². The molecule has 0 atom stereocenters. The average molecular weight is 285 g/mol. The molecule has 0 amide bonds. The second-order valence-corrected chi connectivity index (χ2v) is 6.90. The van der Waals surface area contributed by atoms with Crippen LogP contribution < -0.4 is 4.72 Å². The van der Waals surface area contributed by atoms with Crippen molar-refractivity contribution in [1.29, 1.82) is 0 Å². The van der Waals surface area contributed by atoms with E-state index < -0.39 is 15.3 Å². The fourth-order valence-corrected chi connectivity index (χ4v) is 3.70. The molecule has 2 rings (SSSR count). The van der Waals surface area contributed by atoms with Gasteiger partial charge in [0.25, 0.3) is 0 Å².